The van der Waals surface area contributed by atoms with Gasteiger partial charge in [0.05, 0.1) is 25.7 Å². The second-order valence-electron chi connectivity index (χ2n) is 31.4. The number of hydrogen-bond donors (Lipinski definition) is 20. The van der Waals surface area contributed by atoms with E-state index in [-0.39, 0.29) is 155 Å². The molecule has 39 heteroatoms. The molecule has 4 aromatic rings. The summed E-state index contributed by atoms with van der Waals surface area (Å²) in [6.07, 6.45) is 5.17. The van der Waals surface area contributed by atoms with Crippen molar-refractivity contribution in [2.75, 3.05) is 85.1 Å². The van der Waals surface area contributed by atoms with Gasteiger partial charge in [-0.15, -0.1) is 0 Å². The SMILES string of the molecule is O=C(O)CCC(NC(=O)NC(CCCCNC(=O)CCCCCCCNC(=O)C(Cc1ccccc1)NC(=O)C(Cc1ccccc1)NC(=O)CN1CCN(CC(=O)O)CCN(CC(=O)NC(Cc2ccccc2)C(=O)NC(Cc2ccccc2)C(=O)NCCCCCCCC(=O)NCCCCC(NC(=O)NC(CCC(=O)O)C(=O)O)C(O)O)CC1)C(=O)O)C(=O)O. The van der Waals surface area contributed by atoms with Gasteiger partial charge in [0, 0.05) is 117 Å². The number of carbonyl (C=O) groups excluding carboxylic acids is 10. The molecule has 0 radical (unpaired) electrons. The number of rotatable bonds is 62. The molecular weight excluding hydrogens is 1650 g/mol. The summed E-state index contributed by atoms with van der Waals surface area (Å²) in [4.78, 5) is 210. The monoisotopic (exact) mass is 1780 g/mol. The minimum absolute atomic E-state index is 0.0236. The van der Waals surface area contributed by atoms with Crippen LogP contribution in [0.15, 0.2) is 121 Å². The molecular formula is C88H127N15O24. The van der Waals surface area contributed by atoms with Crippen LogP contribution in [0.1, 0.15) is 164 Å². The normalized spacial score (nSPS) is 14.4. The first-order valence-corrected chi connectivity index (χ1v) is 43.3. The largest absolute Gasteiger partial charge is 0.481 e. The lowest BCUT2D eigenvalue weighted by Gasteiger charge is -2.27. The summed E-state index contributed by atoms with van der Waals surface area (Å²) in [6, 6.07) is 24.0. The Morgan fingerprint density at radius 2 is 0.559 bits per heavy atom. The topological polar surface area (TPSA) is 589 Å². The number of aliphatic carboxylic acids is 6. The first kappa shape index (κ1) is 105. The van der Waals surface area contributed by atoms with Crippen molar-refractivity contribution in [3.05, 3.63) is 144 Å². The molecule has 4 aromatic carbocycles. The molecule has 8 unspecified atom stereocenters. The summed E-state index contributed by atoms with van der Waals surface area (Å²) in [5.74, 6) is -11.6. The van der Waals surface area contributed by atoms with Gasteiger partial charge >= 0.3 is 47.9 Å². The van der Waals surface area contributed by atoms with Gasteiger partial charge in [0.25, 0.3) is 0 Å². The summed E-state index contributed by atoms with van der Waals surface area (Å²) < 4.78 is 0. The Morgan fingerprint density at radius 1 is 0.268 bits per heavy atom. The Balaban J connectivity index is 1.12. The molecule has 8 atom stereocenters. The van der Waals surface area contributed by atoms with Crippen LogP contribution in [0.4, 0.5) is 9.59 Å². The smallest absolute Gasteiger partial charge is 0.326 e. The number of aliphatic hydroxyl groups is 2. The fraction of sp³-hybridized carbons (Fsp3) is 0.545. The molecule has 0 spiro atoms. The molecule has 12 amide bonds. The lowest BCUT2D eigenvalue weighted by atomic mass is 10.0. The Bertz CT molecular complexity index is 4100. The van der Waals surface area contributed by atoms with Gasteiger partial charge in [-0.3, -0.25) is 67.4 Å². The lowest BCUT2D eigenvalue weighted by Crippen LogP contribution is -2.56. The van der Waals surface area contributed by atoms with Crippen molar-refractivity contribution >= 4 is 95.1 Å². The zero-order chi connectivity index (χ0) is 92.7. The van der Waals surface area contributed by atoms with Crippen molar-refractivity contribution in [1.29, 1.82) is 0 Å². The predicted molar refractivity (Wildman–Crippen MR) is 464 cm³/mol. The molecule has 0 aromatic heterocycles. The number of nitrogens with one attached hydrogen (secondary N) is 12. The highest BCUT2D eigenvalue weighted by Crippen LogP contribution is 2.15. The van der Waals surface area contributed by atoms with Crippen molar-refractivity contribution in [1.82, 2.24) is 78.5 Å². The number of amides is 12. The van der Waals surface area contributed by atoms with Crippen LogP contribution in [-0.4, -0.2) is 290 Å². The van der Waals surface area contributed by atoms with Gasteiger partial charge in [-0.25, -0.2) is 24.0 Å². The number of benzene rings is 4. The molecule has 5 rings (SSSR count). The van der Waals surface area contributed by atoms with Gasteiger partial charge in [-0.1, -0.05) is 160 Å². The van der Waals surface area contributed by atoms with Crippen LogP contribution in [0.3, 0.4) is 0 Å². The summed E-state index contributed by atoms with van der Waals surface area (Å²) in [6.45, 7) is 1.49. The fourth-order valence-electron chi connectivity index (χ4n) is 14.0. The van der Waals surface area contributed by atoms with Crippen LogP contribution in [0.5, 0.6) is 0 Å². The first-order chi connectivity index (χ1) is 60.9. The third kappa shape index (κ3) is 46.6. The van der Waals surface area contributed by atoms with Crippen LogP contribution in [0, 0.1) is 0 Å². The van der Waals surface area contributed by atoms with E-state index in [1.165, 1.54) is 0 Å². The van der Waals surface area contributed by atoms with Crippen LogP contribution >= 0.6 is 0 Å². The number of carboxylic acid groups (broad SMARTS) is 6. The summed E-state index contributed by atoms with van der Waals surface area (Å²) in [5, 5.41) is 107. The zero-order valence-corrected chi connectivity index (χ0v) is 71.8. The fourth-order valence-corrected chi connectivity index (χ4v) is 14.0. The average Bonchev–Trinajstić information content (AvgIpc) is 1.32. The van der Waals surface area contributed by atoms with Crippen LogP contribution in [-0.2, 0) is 92.8 Å². The summed E-state index contributed by atoms with van der Waals surface area (Å²) in [5.41, 5.74) is 2.94. The standard InChI is InChI=1S/C88H127N15O24/c104-72(89-43-25-21-35-64(83(118)119)97-87(126)99-66(85(122)123)39-41-76(108)109)37-19-3-1-5-23-45-91-79(114)68(53-60-27-11-7-12-28-60)95-81(116)70(55-62-31-15-9-16-32-62)93-74(106)57-101-47-48-102(50-52-103(51-49-101)59-78(112)113)58-75(107)94-71(56-63-33-17-10-18-34-63)82(117)96-69(54-61-29-13-8-14-30-61)80(115)92-46-24-6-2-4-20-38-73(105)90-44-26-22-36-65(84(120)121)98-88(127)100-67(86(124)125)40-42-77(110)111/h7-18,27-34,64-71,83,118-119H,1-6,19-26,35-59H2,(H,89,104)(H,90,105)(H,91,114)(H,92,115)(H,93,106)(H,94,107)(H,95,116)(H,96,117)(H,108,109)(H,110,111)(H,112,113)(H,120,121)(H,122,123)(H,124,125)(H2,97,99,126)(H2,98,100,127). The van der Waals surface area contributed by atoms with Gasteiger partial charge in [0.1, 0.15) is 42.3 Å². The summed E-state index contributed by atoms with van der Waals surface area (Å²) >= 11 is 0. The van der Waals surface area contributed by atoms with Crippen molar-refractivity contribution < 1.29 is 118 Å². The highest BCUT2D eigenvalue weighted by atomic mass is 16.5. The number of aliphatic hydroxyl groups excluding tert-OH is 1. The van der Waals surface area contributed by atoms with E-state index in [0.717, 1.165) is 24.0 Å². The minimum Gasteiger partial charge on any atom is -0.481 e. The molecule has 1 heterocycles. The molecule has 1 fully saturated rings. The quantitative estimate of drug-likeness (QED) is 0.0221. The van der Waals surface area contributed by atoms with E-state index in [0.29, 0.717) is 88.2 Å². The maximum Gasteiger partial charge on any atom is 0.326 e. The maximum atomic E-state index is 14.7. The third-order valence-corrected chi connectivity index (χ3v) is 21.0. The second-order valence-corrected chi connectivity index (χ2v) is 31.4. The molecule has 698 valence electrons. The van der Waals surface area contributed by atoms with Gasteiger partial charge in [0.2, 0.25) is 47.3 Å². The van der Waals surface area contributed by atoms with Gasteiger partial charge in [-0.05, 0) is 99.3 Å². The van der Waals surface area contributed by atoms with E-state index in [1.54, 1.807) is 63.2 Å². The van der Waals surface area contributed by atoms with E-state index < -0.39 is 157 Å². The number of nitrogens with zero attached hydrogens (tertiary/aromatic N) is 3. The summed E-state index contributed by atoms with van der Waals surface area (Å²) in [7, 11) is 0. The Morgan fingerprint density at radius 3 is 0.890 bits per heavy atom. The second kappa shape index (κ2) is 60.4. The molecule has 20 N–H and O–H groups in total. The van der Waals surface area contributed by atoms with Crippen molar-refractivity contribution in [3.8, 4) is 0 Å². The molecule has 1 saturated heterocycles. The number of carboxylic acids is 6. The van der Waals surface area contributed by atoms with Crippen molar-refractivity contribution in [2.45, 2.75) is 222 Å². The van der Waals surface area contributed by atoms with E-state index >= 15 is 0 Å². The highest BCUT2D eigenvalue weighted by Gasteiger charge is 2.33. The molecule has 1 aliphatic rings. The first-order valence-electron chi connectivity index (χ1n) is 43.3. The molecule has 0 bridgehead atoms. The third-order valence-electron chi connectivity index (χ3n) is 21.0. The van der Waals surface area contributed by atoms with Crippen molar-refractivity contribution in [2.24, 2.45) is 0 Å². The molecule has 1 aliphatic heterocycles. The number of urea groups is 2. The van der Waals surface area contributed by atoms with E-state index in [2.05, 4.69) is 63.8 Å². The number of carbonyl (C=O) groups is 16. The Labute approximate surface area is 738 Å². The molecule has 0 aliphatic carbocycles. The lowest BCUT2D eigenvalue weighted by molar-refractivity contribution is -0.142. The van der Waals surface area contributed by atoms with E-state index in [1.807, 2.05) is 72.8 Å². The van der Waals surface area contributed by atoms with Gasteiger partial charge in [0.15, 0.2) is 6.29 Å². The Hall–Kier alpha value is -12.2. The predicted octanol–water partition coefficient (Wildman–Crippen LogP) is 1.75. The Kier molecular flexibility index (Phi) is 50.1. The van der Waals surface area contributed by atoms with Crippen LogP contribution < -0.4 is 63.8 Å². The highest BCUT2D eigenvalue weighted by molar-refractivity contribution is 5.94. The average molecular weight is 1780 g/mol. The minimum atomic E-state index is -1.98. The molecule has 0 saturated carbocycles. The van der Waals surface area contributed by atoms with E-state index in [4.69, 9.17) is 10.2 Å². The van der Waals surface area contributed by atoms with Crippen LogP contribution in [0.25, 0.3) is 0 Å². The molecule has 127 heavy (non-hydrogen) atoms. The van der Waals surface area contributed by atoms with Crippen molar-refractivity contribution in [3.63, 3.8) is 0 Å². The van der Waals surface area contributed by atoms with Gasteiger partial charge < -0.3 is 105 Å². The number of unbranched alkanes of at least 4 members (excludes halogenated alkanes) is 10. The van der Waals surface area contributed by atoms with E-state index in [9.17, 15) is 107 Å². The van der Waals surface area contributed by atoms with Crippen LogP contribution in [0.2, 0.25) is 0 Å². The van der Waals surface area contributed by atoms with Gasteiger partial charge in [-0.2, -0.15) is 0 Å². The zero-order valence-electron chi connectivity index (χ0n) is 71.8. The molecule has 39 nitrogen and oxygen atoms in total. The maximum absolute atomic E-state index is 14.7. The number of hydrogen-bond acceptors (Lipinski definition) is 21.